The van der Waals surface area contributed by atoms with E-state index in [2.05, 4.69) is 20.2 Å². The minimum Gasteiger partial charge on any atom is -0.352 e. The SMILES string of the molecule is O=C1CN(c2ccnc(Cl)n2)C2(CCCCC2)CN1. The minimum atomic E-state index is 0.00381. The largest absolute Gasteiger partial charge is 0.352 e. The lowest BCUT2D eigenvalue weighted by atomic mass is 9.79. The molecule has 1 amide bonds. The molecule has 1 aliphatic heterocycles. The number of amides is 1. The Bertz CT molecular complexity index is 487. The van der Waals surface area contributed by atoms with Gasteiger partial charge in [0.05, 0.1) is 12.1 Å². The van der Waals surface area contributed by atoms with Gasteiger partial charge in [0.1, 0.15) is 5.82 Å². The molecule has 5 nitrogen and oxygen atoms in total. The third-order valence-corrected chi connectivity index (χ3v) is 4.34. The molecular formula is C13H17ClN4O. The Labute approximate surface area is 117 Å². The van der Waals surface area contributed by atoms with E-state index in [0.717, 1.165) is 18.7 Å². The van der Waals surface area contributed by atoms with E-state index in [1.165, 1.54) is 19.3 Å². The maximum atomic E-state index is 11.7. The van der Waals surface area contributed by atoms with E-state index in [1.54, 1.807) is 6.20 Å². The fraction of sp³-hybridized carbons (Fsp3) is 0.615. The Morgan fingerprint density at radius 2 is 2.11 bits per heavy atom. The van der Waals surface area contributed by atoms with E-state index >= 15 is 0 Å². The number of rotatable bonds is 1. The van der Waals surface area contributed by atoms with Gasteiger partial charge in [-0.2, -0.15) is 0 Å². The molecule has 1 aromatic rings. The molecule has 1 spiro atoms. The van der Waals surface area contributed by atoms with Gasteiger partial charge in [-0.1, -0.05) is 19.3 Å². The molecule has 19 heavy (non-hydrogen) atoms. The predicted octanol–water partition coefficient (Wildman–Crippen LogP) is 1.77. The highest BCUT2D eigenvalue weighted by molar-refractivity contribution is 6.28. The van der Waals surface area contributed by atoms with E-state index in [9.17, 15) is 4.79 Å². The van der Waals surface area contributed by atoms with Gasteiger partial charge in [-0.25, -0.2) is 9.97 Å². The molecule has 0 atom stereocenters. The van der Waals surface area contributed by atoms with E-state index in [0.29, 0.717) is 13.1 Å². The average Bonchev–Trinajstić information content (AvgIpc) is 2.43. The number of carbonyl (C=O) groups excluding carboxylic acids is 1. The van der Waals surface area contributed by atoms with Crippen molar-refractivity contribution in [1.29, 1.82) is 0 Å². The highest BCUT2D eigenvalue weighted by Gasteiger charge is 2.42. The monoisotopic (exact) mass is 280 g/mol. The zero-order chi connectivity index (χ0) is 13.3. The molecule has 2 heterocycles. The van der Waals surface area contributed by atoms with Gasteiger partial charge in [-0.05, 0) is 30.5 Å². The van der Waals surface area contributed by atoms with E-state index in [1.807, 2.05) is 6.07 Å². The maximum absolute atomic E-state index is 11.7. The molecule has 0 unspecified atom stereocenters. The Hall–Kier alpha value is -1.36. The van der Waals surface area contributed by atoms with Crippen molar-refractivity contribution in [3.05, 3.63) is 17.5 Å². The Morgan fingerprint density at radius 1 is 1.32 bits per heavy atom. The van der Waals surface area contributed by atoms with Gasteiger partial charge in [0, 0.05) is 12.7 Å². The number of aromatic nitrogens is 2. The zero-order valence-electron chi connectivity index (χ0n) is 10.7. The van der Waals surface area contributed by atoms with Gasteiger partial charge >= 0.3 is 0 Å². The van der Waals surface area contributed by atoms with Crippen LogP contribution in [0.25, 0.3) is 0 Å². The van der Waals surface area contributed by atoms with Gasteiger partial charge in [-0.3, -0.25) is 4.79 Å². The summed E-state index contributed by atoms with van der Waals surface area (Å²) >= 11 is 5.88. The number of nitrogens with zero attached hydrogens (tertiary/aromatic N) is 3. The summed E-state index contributed by atoms with van der Waals surface area (Å²) in [7, 11) is 0. The molecule has 2 fully saturated rings. The van der Waals surface area contributed by atoms with Crippen molar-refractivity contribution in [3.63, 3.8) is 0 Å². The van der Waals surface area contributed by atoms with Crippen LogP contribution in [0.2, 0.25) is 5.28 Å². The topological polar surface area (TPSA) is 58.1 Å². The van der Waals surface area contributed by atoms with Crippen molar-refractivity contribution in [2.75, 3.05) is 18.0 Å². The summed E-state index contributed by atoms with van der Waals surface area (Å²) in [5.74, 6) is 0.808. The van der Waals surface area contributed by atoms with E-state index in [-0.39, 0.29) is 16.7 Å². The number of carbonyl (C=O) groups is 1. The second kappa shape index (κ2) is 4.96. The summed E-state index contributed by atoms with van der Waals surface area (Å²) in [5.41, 5.74) is 0.00381. The van der Waals surface area contributed by atoms with Crippen LogP contribution in [0.1, 0.15) is 32.1 Å². The molecule has 1 aliphatic carbocycles. The maximum Gasteiger partial charge on any atom is 0.239 e. The van der Waals surface area contributed by atoms with Crippen molar-refractivity contribution >= 4 is 23.3 Å². The fourth-order valence-electron chi connectivity index (χ4n) is 3.18. The normalized spacial score (nSPS) is 22.4. The number of piperazine rings is 1. The molecule has 0 aromatic carbocycles. The quantitative estimate of drug-likeness (QED) is 0.797. The first-order valence-corrected chi connectivity index (χ1v) is 7.10. The highest BCUT2D eigenvalue weighted by Crippen LogP contribution is 2.37. The first-order valence-electron chi connectivity index (χ1n) is 6.73. The minimum absolute atomic E-state index is 0.00381. The molecule has 1 N–H and O–H groups in total. The van der Waals surface area contributed by atoms with Gasteiger partial charge in [0.2, 0.25) is 11.2 Å². The van der Waals surface area contributed by atoms with Crippen molar-refractivity contribution in [2.24, 2.45) is 0 Å². The van der Waals surface area contributed by atoms with Crippen LogP contribution >= 0.6 is 11.6 Å². The lowest BCUT2D eigenvalue weighted by Crippen LogP contribution is -2.64. The molecule has 2 aliphatic rings. The summed E-state index contributed by atoms with van der Waals surface area (Å²) in [6.45, 7) is 1.06. The molecule has 1 aromatic heterocycles. The lowest BCUT2D eigenvalue weighted by Gasteiger charge is -2.49. The standard InChI is InChI=1S/C13H17ClN4O/c14-12-15-7-4-10(17-12)18-8-11(19)16-9-13(18)5-2-1-3-6-13/h4,7H,1-3,5-6,8-9H2,(H,16,19). The van der Waals surface area contributed by atoms with Crippen LogP contribution in [0.15, 0.2) is 12.3 Å². The van der Waals surface area contributed by atoms with Crippen LogP contribution in [-0.2, 0) is 4.79 Å². The molecule has 1 saturated heterocycles. The molecule has 1 saturated carbocycles. The Morgan fingerprint density at radius 3 is 2.84 bits per heavy atom. The van der Waals surface area contributed by atoms with Gasteiger partial charge in [0.25, 0.3) is 0 Å². The van der Waals surface area contributed by atoms with Crippen LogP contribution in [-0.4, -0.2) is 34.5 Å². The fourth-order valence-corrected chi connectivity index (χ4v) is 3.33. The van der Waals surface area contributed by atoms with Crippen LogP contribution in [0, 0.1) is 0 Å². The first-order chi connectivity index (χ1) is 9.20. The van der Waals surface area contributed by atoms with E-state index < -0.39 is 0 Å². The number of hydrogen-bond acceptors (Lipinski definition) is 4. The second-order valence-corrected chi connectivity index (χ2v) is 5.67. The van der Waals surface area contributed by atoms with Crippen LogP contribution in [0.5, 0.6) is 0 Å². The summed E-state index contributed by atoms with van der Waals surface area (Å²) in [5, 5.41) is 3.23. The average molecular weight is 281 g/mol. The summed E-state index contributed by atoms with van der Waals surface area (Å²) in [6.07, 6.45) is 7.50. The molecule has 3 rings (SSSR count). The highest BCUT2D eigenvalue weighted by atomic mass is 35.5. The zero-order valence-corrected chi connectivity index (χ0v) is 11.5. The van der Waals surface area contributed by atoms with Crippen molar-refractivity contribution in [3.8, 4) is 0 Å². The predicted molar refractivity (Wildman–Crippen MR) is 73.2 cm³/mol. The third kappa shape index (κ3) is 2.39. The second-order valence-electron chi connectivity index (χ2n) is 5.33. The molecule has 0 bridgehead atoms. The number of nitrogens with one attached hydrogen (secondary N) is 1. The molecule has 6 heteroatoms. The summed E-state index contributed by atoms with van der Waals surface area (Å²) in [4.78, 5) is 22.0. The van der Waals surface area contributed by atoms with Crippen LogP contribution < -0.4 is 10.2 Å². The number of anilines is 1. The first kappa shape index (κ1) is 12.7. The lowest BCUT2D eigenvalue weighted by molar-refractivity contribution is -0.121. The molecule has 0 radical (unpaired) electrons. The van der Waals surface area contributed by atoms with Gasteiger partial charge in [0.15, 0.2) is 0 Å². The van der Waals surface area contributed by atoms with Gasteiger partial charge < -0.3 is 10.2 Å². The third-order valence-electron chi connectivity index (χ3n) is 4.16. The Kier molecular flexibility index (Phi) is 3.31. The van der Waals surface area contributed by atoms with E-state index in [4.69, 9.17) is 11.6 Å². The smallest absolute Gasteiger partial charge is 0.239 e. The van der Waals surface area contributed by atoms with Crippen molar-refractivity contribution in [2.45, 2.75) is 37.6 Å². The summed E-state index contributed by atoms with van der Waals surface area (Å²) in [6, 6.07) is 1.83. The molecule has 102 valence electrons. The molecular weight excluding hydrogens is 264 g/mol. The Balaban J connectivity index is 1.95. The number of hydrogen-bond donors (Lipinski definition) is 1. The van der Waals surface area contributed by atoms with Crippen molar-refractivity contribution in [1.82, 2.24) is 15.3 Å². The van der Waals surface area contributed by atoms with Crippen LogP contribution in [0.4, 0.5) is 5.82 Å². The number of halogens is 1. The summed E-state index contributed by atoms with van der Waals surface area (Å²) < 4.78 is 0. The van der Waals surface area contributed by atoms with Crippen LogP contribution in [0.3, 0.4) is 0 Å². The van der Waals surface area contributed by atoms with Crippen molar-refractivity contribution < 1.29 is 4.79 Å². The van der Waals surface area contributed by atoms with Gasteiger partial charge in [-0.15, -0.1) is 0 Å².